The number of hydrogen-bond acceptors (Lipinski definition) is 10. The van der Waals surface area contributed by atoms with Crippen LogP contribution in [0.4, 0.5) is 0 Å². The van der Waals surface area contributed by atoms with Gasteiger partial charge in [-0.2, -0.15) is 0 Å². The monoisotopic (exact) mass is 468 g/mol. The zero-order valence-corrected chi connectivity index (χ0v) is 17.8. The highest BCUT2D eigenvalue weighted by Crippen LogP contribution is 2.30. The Hall–Kier alpha value is -1.72. The molecule has 0 aliphatic carbocycles. The second-order valence-electron chi connectivity index (χ2n) is 5.98. The molecule has 1 aliphatic heterocycles. The van der Waals surface area contributed by atoms with Crippen molar-refractivity contribution >= 4 is 39.8 Å². The maximum Gasteiger partial charge on any atom is 0.303 e. The highest BCUT2D eigenvalue weighted by atomic mass is 79.9. The molecule has 0 N–H and O–H groups in total. The molecule has 0 aromatic carbocycles. The van der Waals surface area contributed by atoms with Crippen molar-refractivity contribution in [2.75, 3.05) is 18.5 Å². The van der Waals surface area contributed by atoms with E-state index in [1.54, 1.807) is 0 Å². The molecule has 1 rings (SSSR count). The van der Waals surface area contributed by atoms with Crippen molar-refractivity contribution in [3.05, 3.63) is 0 Å². The topological polar surface area (TPSA) is 124 Å². The standard InChI is InChI=1S/C17H25BrO10/c1-9(19)24-8-13-14(25-10(2)20)15(26-11(3)21)16(27-12(4)22)17(28-13)23-7-5-6-18/h13-17H,5-8H2,1-4H3/t13?,14-,15?,16?,17+/m0/s1. The Bertz CT molecular complexity index is 566. The number of rotatable bonds is 9. The maximum absolute atomic E-state index is 11.6. The van der Waals surface area contributed by atoms with Crippen molar-refractivity contribution in [3.63, 3.8) is 0 Å². The van der Waals surface area contributed by atoms with Crippen molar-refractivity contribution in [2.45, 2.75) is 64.8 Å². The van der Waals surface area contributed by atoms with Gasteiger partial charge >= 0.3 is 23.9 Å². The molecule has 0 radical (unpaired) electrons. The quantitative estimate of drug-likeness (QED) is 0.208. The van der Waals surface area contributed by atoms with Crippen LogP contribution < -0.4 is 0 Å². The smallest absolute Gasteiger partial charge is 0.303 e. The van der Waals surface area contributed by atoms with E-state index in [-0.39, 0.29) is 13.2 Å². The molecular formula is C17H25BrO10. The predicted molar refractivity (Wildman–Crippen MR) is 96.3 cm³/mol. The first-order valence-corrected chi connectivity index (χ1v) is 9.75. The lowest BCUT2D eigenvalue weighted by Crippen LogP contribution is -2.63. The van der Waals surface area contributed by atoms with Crippen LogP contribution in [0.5, 0.6) is 0 Å². The van der Waals surface area contributed by atoms with Gasteiger partial charge in [0.05, 0.1) is 6.61 Å². The van der Waals surface area contributed by atoms with E-state index in [0.717, 1.165) is 13.8 Å². The molecule has 0 spiro atoms. The van der Waals surface area contributed by atoms with Crippen molar-refractivity contribution in [1.82, 2.24) is 0 Å². The number of ether oxygens (including phenoxy) is 6. The SMILES string of the molecule is CC(=O)OCC1O[C@@H](OCCCBr)C(OC(C)=O)C(OC(C)=O)[C@H]1OC(C)=O. The number of esters is 4. The Balaban J connectivity index is 3.21. The average molecular weight is 469 g/mol. The number of alkyl halides is 1. The van der Waals surface area contributed by atoms with Crippen molar-refractivity contribution in [2.24, 2.45) is 0 Å². The van der Waals surface area contributed by atoms with Crippen LogP contribution >= 0.6 is 15.9 Å². The van der Waals surface area contributed by atoms with Gasteiger partial charge in [-0.25, -0.2) is 0 Å². The van der Waals surface area contributed by atoms with E-state index in [1.165, 1.54) is 13.8 Å². The van der Waals surface area contributed by atoms with E-state index in [1.807, 2.05) is 0 Å². The second kappa shape index (κ2) is 12.0. The number of carbonyl (C=O) groups excluding carboxylic acids is 4. The van der Waals surface area contributed by atoms with Gasteiger partial charge in [-0.1, -0.05) is 15.9 Å². The van der Waals surface area contributed by atoms with Crippen LogP contribution in [0, 0.1) is 0 Å². The van der Waals surface area contributed by atoms with Crippen LogP contribution in [0.3, 0.4) is 0 Å². The summed E-state index contributed by atoms with van der Waals surface area (Å²) in [6.45, 7) is 4.67. The third-order valence-corrected chi connectivity index (χ3v) is 4.07. The fourth-order valence-electron chi connectivity index (χ4n) is 2.58. The molecule has 1 aliphatic rings. The summed E-state index contributed by atoms with van der Waals surface area (Å²) in [6.07, 6.45) is -5.07. The lowest BCUT2D eigenvalue weighted by Gasteiger charge is -2.44. The normalized spacial score (nSPS) is 26.8. The fourth-order valence-corrected chi connectivity index (χ4v) is 2.81. The first-order valence-electron chi connectivity index (χ1n) is 8.63. The van der Waals surface area contributed by atoms with Gasteiger partial charge in [0.1, 0.15) is 12.7 Å². The van der Waals surface area contributed by atoms with Crippen molar-refractivity contribution in [3.8, 4) is 0 Å². The summed E-state index contributed by atoms with van der Waals surface area (Å²) >= 11 is 3.27. The van der Waals surface area contributed by atoms with Crippen LogP contribution in [0.25, 0.3) is 0 Å². The van der Waals surface area contributed by atoms with Crippen LogP contribution in [-0.4, -0.2) is 73.1 Å². The number of carbonyl (C=O) groups is 4. The Morgan fingerprint density at radius 3 is 1.86 bits per heavy atom. The van der Waals surface area contributed by atoms with Crippen molar-refractivity contribution in [1.29, 1.82) is 0 Å². The largest absolute Gasteiger partial charge is 0.463 e. The molecule has 0 aromatic rings. The minimum Gasteiger partial charge on any atom is -0.463 e. The van der Waals surface area contributed by atoms with Gasteiger partial charge in [-0.05, 0) is 6.42 Å². The first-order chi connectivity index (χ1) is 13.1. The summed E-state index contributed by atoms with van der Waals surface area (Å²) in [5, 5.41) is 0.665. The minimum absolute atomic E-state index is 0.249. The van der Waals surface area contributed by atoms with Gasteiger partial charge in [0.25, 0.3) is 0 Å². The summed E-state index contributed by atoms with van der Waals surface area (Å²) in [7, 11) is 0. The molecule has 10 nitrogen and oxygen atoms in total. The summed E-state index contributed by atoms with van der Waals surface area (Å²) in [5.41, 5.74) is 0. The van der Waals surface area contributed by atoms with Gasteiger partial charge in [0, 0.05) is 33.0 Å². The second-order valence-corrected chi connectivity index (χ2v) is 6.77. The molecule has 3 unspecified atom stereocenters. The van der Waals surface area contributed by atoms with Crippen LogP contribution in [0.1, 0.15) is 34.1 Å². The molecule has 11 heteroatoms. The molecule has 28 heavy (non-hydrogen) atoms. The number of hydrogen-bond donors (Lipinski definition) is 0. The van der Waals surface area contributed by atoms with Crippen LogP contribution in [0.2, 0.25) is 0 Å². The van der Waals surface area contributed by atoms with E-state index >= 15 is 0 Å². The van der Waals surface area contributed by atoms with E-state index in [4.69, 9.17) is 28.4 Å². The molecule has 1 fully saturated rings. The molecule has 1 saturated heterocycles. The van der Waals surface area contributed by atoms with Gasteiger partial charge in [-0.3, -0.25) is 19.2 Å². The lowest BCUT2D eigenvalue weighted by atomic mass is 9.98. The zero-order chi connectivity index (χ0) is 21.3. The Morgan fingerprint density at radius 2 is 1.36 bits per heavy atom. The van der Waals surface area contributed by atoms with E-state index in [9.17, 15) is 19.2 Å². The molecule has 0 saturated carbocycles. The highest BCUT2D eigenvalue weighted by molar-refractivity contribution is 9.09. The van der Waals surface area contributed by atoms with Gasteiger partial charge < -0.3 is 28.4 Å². The fraction of sp³-hybridized carbons (Fsp3) is 0.765. The Kier molecular flexibility index (Phi) is 10.4. The Morgan fingerprint density at radius 1 is 0.821 bits per heavy atom. The summed E-state index contributed by atoms with van der Waals surface area (Å²) in [5.74, 6) is -2.61. The highest BCUT2D eigenvalue weighted by Gasteiger charge is 2.52. The van der Waals surface area contributed by atoms with Crippen LogP contribution in [-0.2, 0) is 47.6 Å². The van der Waals surface area contributed by atoms with E-state index in [2.05, 4.69) is 15.9 Å². The Labute approximate surface area is 171 Å². The minimum atomic E-state index is -1.21. The lowest BCUT2D eigenvalue weighted by molar-refractivity contribution is -0.308. The van der Waals surface area contributed by atoms with E-state index < -0.39 is 54.6 Å². The predicted octanol–water partition coefficient (Wildman–Crippen LogP) is 0.871. The molecule has 0 bridgehead atoms. The third-order valence-electron chi connectivity index (χ3n) is 3.51. The molecule has 0 amide bonds. The van der Waals surface area contributed by atoms with E-state index in [0.29, 0.717) is 11.8 Å². The molecular weight excluding hydrogens is 444 g/mol. The molecule has 5 atom stereocenters. The first kappa shape index (κ1) is 24.3. The molecule has 160 valence electrons. The van der Waals surface area contributed by atoms with Crippen LogP contribution in [0.15, 0.2) is 0 Å². The average Bonchev–Trinajstić information content (AvgIpc) is 2.57. The third kappa shape index (κ3) is 8.11. The zero-order valence-electron chi connectivity index (χ0n) is 16.2. The summed E-state index contributed by atoms with van der Waals surface area (Å²) in [6, 6.07) is 0. The summed E-state index contributed by atoms with van der Waals surface area (Å²) < 4.78 is 32.2. The molecule has 1 heterocycles. The maximum atomic E-state index is 11.6. The number of halogens is 1. The van der Waals surface area contributed by atoms with Gasteiger partial charge in [-0.15, -0.1) is 0 Å². The van der Waals surface area contributed by atoms with Gasteiger partial charge in [0.2, 0.25) is 0 Å². The summed E-state index contributed by atoms with van der Waals surface area (Å²) in [4.78, 5) is 46.0. The van der Waals surface area contributed by atoms with Gasteiger partial charge in [0.15, 0.2) is 24.6 Å². The molecule has 0 aromatic heterocycles. The van der Waals surface area contributed by atoms with Crippen molar-refractivity contribution < 1.29 is 47.6 Å².